The first-order valence-corrected chi connectivity index (χ1v) is 5.60. The first kappa shape index (κ1) is 11.1. The SMILES string of the molecule is CC(C)COc1nnc(Cl)c2ccccc12. The monoisotopic (exact) mass is 236 g/mol. The van der Waals surface area contributed by atoms with Crippen LogP contribution in [-0.2, 0) is 0 Å². The Morgan fingerprint density at radius 2 is 1.88 bits per heavy atom. The number of rotatable bonds is 3. The van der Waals surface area contributed by atoms with Crippen molar-refractivity contribution in [3.05, 3.63) is 29.4 Å². The van der Waals surface area contributed by atoms with E-state index in [1.807, 2.05) is 24.3 Å². The summed E-state index contributed by atoms with van der Waals surface area (Å²) in [6, 6.07) is 7.70. The quantitative estimate of drug-likeness (QED) is 0.820. The number of hydrogen-bond acceptors (Lipinski definition) is 3. The van der Waals surface area contributed by atoms with Gasteiger partial charge in [-0.15, -0.1) is 10.2 Å². The fourth-order valence-electron chi connectivity index (χ4n) is 1.40. The topological polar surface area (TPSA) is 35.0 Å². The van der Waals surface area contributed by atoms with Gasteiger partial charge in [0.25, 0.3) is 0 Å². The van der Waals surface area contributed by atoms with Gasteiger partial charge in [-0.2, -0.15) is 0 Å². The van der Waals surface area contributed by atoms with Crippen LogP contribution in [0.15, 0.2) is 24.3 Å². The highest BCUT2D eigenvalue weighted by Crippen LogP contribution is 2.27. The molecule has 0 aliphatic carbocycles. The molecule has 1 aromatic carbocycles. The molecule has 16 heavy (non-hydrogen) atoms. The van der Waals surface area contributed by atoms with E-state index in [9.17, 15) is 0 Å². The fraction of sp³-hybridized carbons (Fsp3) is 0.333. The van der Waals surface area contributed by atoms with E-state index < -0.39 is 0 Å². The maximum Gasteiger partial charge on any atom is 0.241 e. The van der Waals surface area contributed by atoms with Gasteiger partial charge in [0, 0.05) is 10.8 Å². The first-order valence-electron chi connectivity index (χ1n) is 5.22. The predicted molar refractivity (Wildman–Crippen MR) is 64.9 cm³/mol. The van der Waals surface area contributed by atoms with E-state index in [1.165, 1.54) is 0 Å². The van der Waals surface area contributed by atoms with Crippen molar-refractivity contribution >= 4 is 22.4 Å². The third-order valence-electron chi connectivity index (χ3n) is 2.16. The van der Waals surface area contributed by atoms with Crippen LogP contribution < -0.4 is 4.74 Å². The highest BCUT2D eigenvalue weighted by atomic mass is 35.5. The van der Waals surface area contributed by atoms with E-state index in [1.54, 1.807) is 0 Å². The van der Waals surface area contributed by atoms with Gasteiger partial charge < -0.3 is 4.74 Å². The number of hydrogen-bond donors (Lipinski definition) is 0. The van der Waals surface area contributed by atoms with E-state index >= 15 is 0 Å². The molecular weight excluding hydrogens is 224 g/mol. The van der Waals surface area contributed by atoms with Crippen LogP contribution in [0.3, 0.4) is 0 Å². The predicted octanol–water partition coefficient (Wildman–Crippen LogP) is 3.32. The normalized spacial score (nSPS) is 11.0. The molecule has 2 rings (SSSR count). The molecule has 3 nitrogen and oxygen atoms in total. The fourth-order valence-corrected chi connectivity index (χ4v) is 1.60. The number of ether oxygens (including phenoxy) is 1. The molecule has 0 atom stereocenters. The lowest BCUT2D eigenvalue weighted by molar-refractivity contribution is 0.262. The highest BCUT2D eigenvalue weighted by molar-refractivity contribution is 6.34. The Kier molecular flexibility index (Phi) is 3.25. The number of aromatic nitrogens is 2. The maximum atomic E-state index is 5.96. The smallest absolute Gasteiger partial charge is 0.241 e. The summed E-state index contributed by atoms with van der Waals surface area (Å²) in [6.45, 7) is 4.80. The molecule has 84 valence electrons. The van der Waals surface area contributed by atoms with Gasteiger partial charge in [-0.1, -0.05) is 43.6 Å². The molecular formula is C12H13ClN2O. The molecule has 0 radical (unpaired) electrons. The maximum absolute atomic E-state index is 5.96. The summed E-state index contributed by atoms with van der Waals surface area (Å²) in [5, 5.41) is 10.0. The summed E-state index contributed by atoms with van der Waals surface area (Å²) in [5.41, 5.74) is 0. The van der Waals surface area contributed by atoms with Crippen LogP contribution in [0.2, 0.25) is 5.15 Å². The number of nitrogens with zero attached hydrogens (tertiary/aromatic N) is 2. The zero-order chi connectivity index (χ0) is 11.5. The van der Waals surface area contributed by atoms with Crippen molar-refractivity contribution in [3.8, 4) is 5.88 Å². The van der Waals surface area contributed by atoms with Gasteiger partial charge in [-0.3, -0.25) is 0 Å². The molecule has 0 fully saturated rings. The Bertz CT molecular complexity index is 499. The molecule has 2 aromatic rings. The van der Waals surface area contributed by atoms with Gasteiger partial charge in [0.15, 0.2) is 5.15 Å². The van der Waals surface area contributed by atoms with Gasteiger partial charge in [-0.05, 0) is 12.0 Å². The van der Waals surface area contributed by atoms with Crippen molar-refractivity contribution < 1.29 is 4.74 Å². The Morgan fingerprint density at radius 3 is 2.56 bits per heavy atom. The van der Waals surface area contributed by atoms with Crippen molar-refractivity contribution in [2.45, 2.75) is 13.8 Å². The molecule has 0 unspecified atom stereocenters. The van der Waals surface area contributed by atoms with Crippen LogP contribution in [0.5, 0.6) is 5.88 Å². The highest BCUT2D eigenvalue weighted by Gasteiger charge is 2.08. The zero-order valence-electron chi connectivity index (χ0n) is 9.27. The summed E-state index contributed by atoms with van der Waals surface area (Å²) < 4.78 is 5.60. The van der Waals surface area contributed by atoms with Gasteiger partial charge in [0.2, 0.25) is 5.88 Å². The van der Waals surface area contributed by atoms with Gasteiger partial charge >= 0.3 is 0 Å². The molecule has 1 aromatic heterocycles. The molecule has 1 heterocycles. The average molecular weight is 237 g/mol. The molecule has 0 aliphatic heterocycles. The van der Waals surface area contributed by atoms with E-state index in [4.69, 9.17) is 16.3 Å². The van der Waals surface area contributed by atoms with Crippen molar-refractivity contribution in [2.24, 2.45) is 5.92 Å². The van der Waals surface area contributed by atoms with Crippen LogP contribution in [0.25, 0.3) is 10.8 Å². The average Bonchev–Trinajstić information content (AvgIpc) is 2.28. The van der Waals surface area contributed by atoms with E-state index in [-0.39, 0.29) is 0 Å². The zero-order valence-corrected chi connectivity index (χ0v) is 10.0. The summed E-state index contributed by atoms with van der Waals surface area (Å²) in [4.78, 5) is 0. The van der Waals surface area contributed by atoms with Crippen LogP contribution in [0.1, 0.15) is 13.8 Å². The lowest BCUT2D eigenvalue weighted by Crippen LogP contribution is -2.06. The molecule has 0 saturated carbocycles. The van der Waals surface area contributed by atoms with Crippen molar-refractivity contribution in [2.75, 3.05) is 6.61 Å². The van der Waals surface area contributed by atoms with E-state index in [0.29, 0.717) is 23.6 Å². The van der Waals surface area contributed by atoms with E-state index in [0.717, 1.165) is 10.8 Å². The summed E-state index contributed by atoms with van der Waals surface area (Å²) in [5.74, 6) is 1.00. The third kappa shape index (κ3) is 2.25. The Balaban J connectivity index is 2.42. The molecule has 4 heteroatoms. The Hall–Kier alpha value is -1.35. The molecule has 0 saturated heterocycles. The van der Waals surface area contributed by atoms with Crippen LogP contribution in [-0.4, -0.2) is 16.8 Å². The van der Waals surface area contributed by atoms with Gasteiger partial charge in [0.1, 0.15) is 0 Å². The van der Waals surface area contributed by atoms with Crippen LogP contribution in [0, 0.1) is 5.92 Å². The van der Waals surface area contributed by atoms with Crippen molar-refractivity contribution in [1.29, 1.82) is 0 Å². The molecule has 0 bridgehead atoms. The Labute approximate surface area is 99.4 Å². The standard InChI is InChI=1S/C12H13ClN2O/c1-8(2)7-16-12-10-6-4-3-5-9(10)11(13)14-15-12/h3-6,8H,7H2,1-2H3. The van der Waals surface area contributed by atoms with Crippen molar-refractivity contribution in [1.82, 2.24) is 10.2 Å². The third-order valence-corrected chi connectivity index (χ3v) is 2.44. The number of benzene rings is 1. The van der Waals surface area contributed by atoms with E-state index in [2.05, 4.69) is 24.0 Å². The number of fused-ring (bicyclic) bond motifs is 1. The summed E-state index contributed by atoms with van der Waals surface area (Å²) in [6.07, 6.45) is 0. The minimum atomic E-state index is 0.410. The second kappa shape index (κ2) is 4.66. The van der Waals surface area contributed by atoms with Gasteiger partial charge in [-0.25, -0.2) is 0 Å². The second-order valence-corrected chi connectivity index (χ2v) is 4.40. The second-order valence-electron chi connectivity index (χ2n) is 4.05. The molecule has 0 N–H and O–H groups in total. The Morgan fingerprint density at radius 1 is 1.19 bits per heavy atom. The lowest BCUT2D eigenvalue weighted by atomic mass is 10.2. The first-order chi connectivity index (χ1) is 7.68. The molecule has 0 amide bonds. The minimum absolute atomic E-state index is 0.410. The number of halogens is 1. The molecule has 0 aliphatic rings. The van der Waals surface area contributed by atoms with Crippen LogP contribution in [0.4, 0.5) is 0 Å². The minimum Gasteiger partial charge on any atom is -0.476 e. The van der Waals surface area contributed by atoms with Crippen molar-refractivity contribution in [3.63, 3.8) is 0 Å². The molecule has 0 spiro atoms. The lowest BCUT2D eigenvalue weighted by Gasteiger charge is -2.09. The summed E-state index contributed by atoms with van der Waals surface area (Å²) in [7, 11) is 0. The summed E-state index contributed by atoms with van der Waals surface area (Å²) >= 11 is 5.96. The van der Waals surface area contributed by atoms with Crippen LogP contribution >= 0.6 is 11.6 Å². The van der Waals surface area contributed by atoms with Gasteiger partial charge in [0.05, 0.1) is 6.61 Å². The largest absolute Gasteiger partial charge is 0.476 e.